The minimum atomic E-state index is -1.06. The van der Waals surface area contributed by atoms with Crippen molar-refractivity contribution in [3.05, 3.63) is 40.9 Å². The van der Waals surface area contributed by atoms with Crippen molar-refractivity contribution in [1.29, 1.82) is 0 Å². The zero-order chi connectivity index (χ0) is 19.1. The first-order valence-corrected chi connectivity index (χ1v) is 8.85. The molecule has 0 unspecified atom stereocenters. The summed E-state index contributed by atoms with van der Waals surface area (Å²) >= 11 is 0. The van der Waals surface area contributed by atoms with Crippen LogP contribution in [0.25, 0.3) is 10.9 Å². The summed E-state index contributed by atoms with van der Waals surface area (Å²) < 4.78 is 1.39. The molecule has 1 atom stereocenters. The standard InChI is InChI=1S/C19H25N3O4/c1-13(2)17(18(25)20-11-7-3-4-10-16(23)24)22-12-21-15-9-6-5-8-14(15)19(22)26/h5-6,8-9,12-13,17H,3-4,7,10-11H2,1-2H3,(H,20,25)(H,23,24)/p-1/t17-/m0/s1. The average Bonchev–Trinajstić information content (AvgIpc) is 2.60. The van der Waals surface area contributed by atoms with E-state index in [4.69, 9.17) is 0 Å². The second kappa shape index (κ2) is 9.12. The molecule has 7 heteroatoms. The SMILES string of the molecule is CC(C)[C@@H](C(=O)NCCCCCC(=O)[O-])n1cnc2ccccc2c1=O. The van der Waals surface area contributed by atoms with Gasteiger partial charge in [0.25, 0.3) is 5.56 Å². The Labute approximate surface area is 152 Å². The van der Waals surface area contributed by atoms with Crippen LogP contribution in [0.1, 0.15) is 45.6 Å². The van der Waals surface area contributed by atoms with Crippen LogP contribution in [0, 0.1) is 5.92 Å². The number of carboxylic acid groups (broad SMARTS) is 1. The van der Waals surface area contributed by atoms with Crippen LogP contribution in [0.15, 0.2) is 35.4 Å². The van der Waals surface area contributed by atoms with Gasteiger partial charge in [-0.1, -0.05) is 32.4 Å². The molecule has 2 aromatic rings. The lowest BCUT2D eigenvalue weighted by atomic mass is 10.0. The molecule has 0 saturated carbocycles. The molecule has 140 valence electrons. The van der Waals surface area contributed by atoms with Crippen molar-refractivity contribution >= 4 is 22.8 Å². The van der Waals surface area contributed by atoms with E-state index in [1.54, 1.807) is 18.2 Å². The van der Waals surface area contributed by atoms with Crippen LogP contribution in [0.4, 0.5) is 0 Å². The number of nitrogens with zero attached hydrogens (tertiary/aromatic N) is 2. The molecule has 0 bridgehead atoms. The Kier molecular flexibility index (Phi) is 6.89. The molecular formula is C19H24N3O4-. The van der Waals surface area contributed by atoms with Gasteiger partial charge in [0.1, 0.15) is 6.04 Å². The van der Waals surface area contributed by atoms with Crippen molar-refractivity contribution in [1.82, 2.24) is 14.9 Å². The van der Waals surface area contributed by atoms with Crippen molar-refractivity contribution in [3.63, 3.8) is 0 Å². The van der Waals surface area contributed by atoms with E-state index < -0.39 is 12.0 Å². The lowest BCUT2D eigenvalue weighted by Crippen LogP contribution is -2.40. The average molecular weight is 358 g/mol. The van der Waals surface area contributed by atoms with Crippen LogP contribution in [0.2, 0.25) is 0 Å². The Bertz CT molecular complexity index is 829. The summed E-state index contributed by atoms with van der Waals surface area (Å²) in [5, 5.41) is 13.7. The van der Waals surface area contributed by atoms with Crippen LogP contribution in [0.3, 0.4) is 0 Å². The number of amides is 1. The Morgan fingerprint density at radius 2 is 1.92 bits per heavy atom. The van der Waals surface area contributed by atoms with Crippen molar-refractivity contribution in [3.8, 4) is 0 Å². The van der Waals surface area contributed by atoms with Gasteiger partial charge in [0, 0.05) is 12.5 Å². The fourth-order valence-electron chi connectivity index (χ4n) is 2.92. The first kappa shape index (κ1) is 19.6. The minimum Gasteiger partial charge on any atom is -0.550 e. The van der Waals surface area contributed by atoms with Crippen molar-refractivity contribution in [2.75, 3.05) is 6.54 Å². The van der Waals surface area contributed by atoms with Crippen LogP contribution in [-0.4, -0.2) is 28.0 Å². The third kappa shape index (κ3) is 4.91. The second-order valence-corrected chi connectivity index (χ2v) is 6.64. The normalized spacial score (nSPS) is 12.3. The Balaban J connectivity index is 2.06. The van der Waals surface area contributed by atoms with Gasteiger partial charge < -0.3 is 15.2 Å². The third-order valence-electron chi connectivity index (χ3n) is 4.25. The van der Waals surface area contributed by atoms with Gasteiger partial charge in [-0.05, 0) is 37.3 Å². The molecule has 0 fully saturated rings. The molecule has 0 radical (unpaired) electrons. The molecule has 0 spiro atoms. The minimum absolute atomic E-state index is 0.0285. The van der Waals surface area contributed by atoms with Gasteiger partial charge in [-0.15, -0.1) is 0 Å². The quantitative estimate of drug-likeness (QED) is 0.674. The highest BCUT2D eigenvalue weighted by Gasteiger charge is 2.25. The number of hydrogen-bond donors (Lipinski definition) is 1. The smallest absolute Gasteiger partial charge is 0.261 e. The highest BCUT2D eigenvalue weighted by Crippen LogP contribution is 2.17. The molecule has 26 heavy (non-hydrogen) atoms. The van der Waals surface area contributed by atoms with Crippen LogP contribution >= 0.6 is 0 Å². The number of unbranched alkanes of at least 4 members (excludes halogenated alkanes) is 2. The molecule has 1 aromatic heterocycles. The lowest BCUT2D eigenvalue weighted by Gasteiger charge is -2.22. The number of carbonyl (C=O) groups excluding carboxylic acids is 2. The highest BCUT2D eigenvalue weighted by molar-refractivity contribution is 5.82. The number of aliphatic carboxylic acids is 1. The predicted octanol–water partition coefficient (Wildman–Crippen LogP) is 1.02. The van der Waals surface area contributed by atoms with Crippen LogP contribution in [0.5, 0.6) is 0 Å². The lowest BCUT2D eigenvalue weighted by molar-refractivity contribution is -0.305. The molecule has 1 aromatic carbocycles. The number of rotatable bonds is 9. The molecule has 0 aliphatic heterocycles. The fraction of sp³-hybridized carbons (Fsp3) is 0.474. The predicted molar refractivity (Wildman–Crippen MR) is 96.4 cm³/mol. The number of hydrogen-bond acceptors (Lipinski definition) is 5. The van der Waals surface area contributed by atoms with Gasteiger partial charge in [0.05, 0.1) is 17.2 Å². The van der Waals surface area contributed by atoms with E-state index in [-0.39, 0.29) is 23.8 Å². The van der Waals surface area contributed by atoms with Crippen LogP contribution < -0.4 is 16.0 Å². The van der Waals surface area contributed by atoms with E-state index in [0.717, 1.165) is 0 Å². The number of benzene rings is 1. The number of fused-ring (bicyclic) bond motifs is 1. The van der Waals surface area contributed by atoms with E-state index in [1.807, 2.05) is 19.9 Å². The Morgan fingerprint density at radius 3 is 2.62 bits per heavy atom. The fourth-order valence-corrected chi connectivity index (χ4v) is 2.92. The first-order valence-electron chi connectivity index (χ1n) is 8.85. The number of aromatic nitrogens is 2. The molecule has 1 N–H and O–H groups in total. The first-order chi connectivity index (χ1) is 12.4. The molecule has 2 rings (SSSR count). The molecular weight excluding hydrogens is 334 g/mol. The van der Waals surface area contributed by atoms with E-state index >= 15 is 0 Å². The van der Waals surface area contributed by atoms with Crippen molar-refractivity contribution < 1.29 is 14.7 Å². The topological polar surface area (TPSA) is 104 Å². The number of carbonyl (C=O) groups is 2. The largest absolute Gasteiger partial charge is 0.550 e. The molecule has 0 aliphatic rings. The van der Waals surface area contributed by atoms with E-state index in [2.05, 4.69) is 10.3 Å². The van der Waals surface area contributed by atoms with Gasteiger partial charge in [-0.2, -0.15) is 0 Å². The summed E-state index contributed by atoms with van der Waals surface area (Å²) in [7, 11) is 0. The maximum Gasteiger partial charge on any atom is 0.261 e. The molecule has 7 nitrogen and oxygen atoms in total. The summed E-state index contributed by atoms with van der Waals surface area (Å²) in [4.78, 5) is 40.0. The van der Waals surface area contributed by atoms with Gasteiger partial charge in [-0.3, -0.25) is 14.2 Å². The summed E-state index contributed by atoms with van der Waals surface area (Å²) in [5.74, 6) is -1.38. The summed E-state index contributed by atoms with van der Waals surface area (Å²) in [6.45, 7) is 4.20. The zero-order valence-electron chi connectivity index (χ0n) is 15.1. The zero-order valence-corrected chi connectivity index (χ0v) is 15.1. The number of para-hydroxylation sites is 1. The molecule has 1 heterocycles. The van der Waals surface area contributed by atoms with Crippen LogP contribution in [-0.2, 0) is 9.59 Å². The summed E-state index contributed by atoms with van der Waals surface area (Å²) in [6.07, 6.45) is 3.35. The second-order valence-electron chi connectivity index (χ2n) is 6.64. The van der Waals surface area contributed by atoms with Gasteiger partial charge >= 0.3 is 0 Å². The maximum atomic E-state index is 12.7. The number of nitrogens with one attached hydrogen (secondary N) is 1. The third-order valence-corrected chi connectivity index (χ3v) is 4.25. The van der Waals surface area contributed by atoms with E-state index in [9.17, 15) is 19.5 Å². The molecule has 1 amide bonds. The maximum absolute atomic E-state index is 12.7. The monoisotopic (exact) mass is 358 g/mol. The summed E-state index contributed by atoms with van der Waals surface area (Å²) in [6, 6.07) is 6.40. The Hall–Kier alpha value is -2.70. The number of carboxylic acids is 1. The van der Waals surface area contributed by atoms with Crippen molar-refractivity contribution in [2.45, 2.75) is 45.6 Å². The van der Waals surface area contributed by atoms with Gasteiger partial charge in [0.15, 0.2) is 0 Å². The highest BCUT2D eigenvalue weighted by atomic mass is 16.4. The Morgan fingerprint density at radius 1 is 1.19 bits per heavy atom. The van der Waals surface area contributed by atoms with Gasteiger partial charge in [0.2, 0.25) is 5.91 Å². The van der Waals surface area contributed by atoms with E-state index in [1.165, 1.54) is 10.9 Å². The van der Waals surface area contributed by atoms with Gasteiger partial charge in [-0.25, -0.2) is 4.98 Å². The van der Waals surface area contributed by atoms with Crippen molar-refractivity contribution in [2.24, 2.45) is 5.92 Å². The molecule has 0 aliphatic carbocycles. The van der Waals surface area contributed by atoms with E-state index in [0.29, 0.717) is 36.7 Å². The molecule has 0 saturated heterocycles. The summed E-state index contributed by atoms with van der Waals surface area (Å²) in [5.41, 5.74) is 0.364.